The molecule has 0 atom stereocenters. The molecule has 0 unspecified atom stereocenters. The summed E-state index contributed by atoms with van der Waals surface area (Å²) in [4.78, 5) is 17.6. The van der Waals surface area contributed by atoms with Crippen LogP contribution < -0.4 is 0 Å². The number of benzene rings is 4. The minimum Gasteiger partial charge on any atom is -0.434 e. The second-order valence-electron chi connectivity index (χ2n) is 10.0. The molecule has 0 saturated carbocycles. The maximum absolute atomic E-state index is 5.92. The van der Waals surface area contributed by atoms with Gasteiger partial charge in [-0.05, 0) is 81.9 Å². The normalized spacial score (nSPS) is 11.3. The molecule has 8 rings (SSSR count). The standard InChI is InChI=1S/C36H22N4O2/c1-5-27(21-29(7-1)35-39-33-31(41-35)9-3-19-37-33)25-15-11-23(12-16-25)24-13-17-26(18-14-24)28-6-2-8-30(22-28)36-40-34-32(42-36)10-4-20-38-34/h1-22H. The van der Waals surface area contributed by atoms with Crippen molar-refractivity contribution in [3.63, 3.8) is 0 Å². The van der Waals surface area contributed by atoms with E-state index in [2.05, 4.69) is 92.7 Å². The smallest absolute Gasteiger partial charge is 0.228 e. The molecular formula is C36H22N4O2. The Morgan fingerprint density at radius 2 is 0.738 bits per heavy atom. The summed E-state index contributed by atoms with van der Waals surface area (Å²) in [5.74, 6) is 1.14. The highest BCUT2D eigenvalue weighted by atomic mass is 16.4. The van der Waals surface area contributed by atoms with Crippen molar-refractivity contribution in [2.24, 2.45) is 0 Å². The molecule has 4 aromatic carbocycles. The van der Waals surface area contributed by atoms with Gasteiger partial charge < -0.3 is 8.83 Å². The first-order valence-corrected chi connectivity index (χ1v) is 13.6. The molecule has 0 aliphatic carbocycles. The molecule has 0 fully saturated rings. The Balaban J connectivity index is 1.03. The Morgan fingerprint density at radius 1 is 0.357 bits per heavy atom. The molecule has 42 heavy (non-hydrogen) atoms. The van der Waals surface area contributed by atoms with Gasteiger partial charge in [0.15, 0.2) is 22.5 Å². The van der Waals surface area contributed by atoms with E-state index in [1.807, 2.05) is 48.5 Å². The van der Waals surface area contributed by atoms with Gasteiger partial charge in [-0.2, -0.15) is 9.97 Å². The molecular weight excluding hydrogens is 520 g/mol. The number of oxazole rings is 2. The predicted molar refractivity (Wildman–Crippen MR) is 164 cm³/mol. The monoisotopic (exact) mass is 542 g/mol. The highest BCUT2D eigenvalue weighted by Crippen LogP contribution is 2.32. The van der Waals surface area contributed by atoms with Crippen LogP contribution in [0.25, 0.3) is 78.7 Å². The van der Waals surface area contributed by atoms with Crippen LogP contribution >= 0.6 is 0 Å². The Hall–Kier alpha value is -5.88. The Kier molecular flexibility index (Phi) is 5.67. The second kappa shape index (κ2) is 9.94. The van der Waals surface area contributed by atoms with Crippen LogP contribution in [0.2, 0.25) is 0 Å². The first kappa shape index (κ1) is 24.0. The zero-order valence-corrected chi connectivity index (χ0v) is 22.3. The summed E-state index contributed by atoms with van der Waals surface area (Å²) in [5, 5.41) is 0. The van der Waals surface area contributed by atoms with Crippen LogP contribution in [-0.2, 0) is 0 Å². The van der Waals surface area contributed by atoms with Gasteiger partial charge in [0.25, 0.3) is 0 Å². The molecule has 4 heterocycles. The first-order valence-electron chi connectivity index (χ1n) is 13.6. The lowest BCUT2D eigenvalue weighted by molar-refractivity contribution is 0.619. The molecule has 6 nitrogen and oxygen atoms in total. The summed E-state index contributed by atoms with van der Waals surface area (Å²) in [5.41, 5.74) is 11.2. The second-order valence-corrected chi connectivity index (χ2v) is 10.0. The average molecular weight is 543 g/mol. The van der Waals surface area contributed by atoms with Crippen molar-refractivity contribution < 1.29 is 8.83 Å². The maximum Gasteiger partial charge on any atom is 0.228 e. The van der Waals surface area contributed by atoms with E-state index in [9.17, 15) is 0 Å². The van der Waals surface area contributed by atoms with E-state index in [-0.39, 0.29) is 0 Å². The summed E-state index contributed by atoms with van der Waals surface area (Å²) in [6.45, 7) is 0. The molecule has 0 saturated heterocycles. The van der Waals surface area contributed by atoms with E-state index in [0.717, 1.165) is 44.5 Å². The molecule has 6 heteroatoms. The molecule has 0 amide bonds. The third kappa shape index (κ3) is 4.41. The summed E-state index contributed by atoms with van der Waals surface area (Å²) in [6.07, 6.45) is 3.44. The lowest BCUT2D eigenvalue weighted by Gasteiger charge is -2.08. The lowest BCUT2D eigenvalue weighted by Crippen LogP contribution is -1.84. The van der Waals surface area contributed by atoms with Crippen LogP contribution in [0.3, 0.4) is 0 Å². The van der Waals surface area contributed by atoms with Crippen molar-refractivity contribution in [3.8, 4) is 56.3 Å². The van der Waals surface area contributed by atoms with Crippen molar-refractivity contribution in [2.75, 3.05) is 0 Å². The molecule has 8 aromatic rings. The van der Waals surface area contributed by atoms with Gasteiger partial charge in [-0.3, -0.25) is 0 Å². The minimum atomic E-state index is 0.568. The molecule has 4 aromatic heterocycles. The number of hydrogen-bond acceptors (Lipinski definition) is 6. The fourth-order valence-electron chi connectivity index (χ4n) is 5.16. The van der Waals surface area contributed by atoms with Crippen molar-refractivity contribution in [3.05, 3.63) is 134 Å². The number of hydrogen-bond donors (Lipinski definition) is 0. The zero-order chi connectivity index (χ0) is 27.9. The Morgan fingerprint density at radius 3 is 1.14 bits per heavy atom. The summed E-state index contributed by atoms with van der Waals surface area (Å²) in [6, 6.07) is 41.1. The fourth-order valence-corrected chi connectivity index (χ4v) is 5.16. The van der Waals surface area contributed by atoms with E-state index in [0.29, 0.717) is 34.2 Å². The third-order valence-electron chi connectivity index (χ3n) is 7.32. The van der Waals surface area contributed by atoms with E-state index < -0.39 is 0 Å². The lowest BCUT2D eigenvalue weighted by atomic mass is 9.97. The van der Waals surface area contributed by atoms with Crippen molar-refractivity contribution in [1.29, 1.82) is 0 Å². The molecule has 0 aliphatic rings. The van der Waals surface area contributed by atoms with E-state index in [1.54, 1.807) is 12.4 Å². The first-order chi connectivity index (χ1) is 20.8. The minimum absolute atomic E-state index is 0.568. The molecule has 0 radical (unpaired) electrons. The van der Waals surface area contributed by atoms with Gasteiger partial charge >= 0.3 is 0 Å². The van der Waals surface area contributed by atoms with E-state index in [1.165, 1.54) is 0 Å². The number of fused-ring (bicyclic) bond motifs is 2. The highest BCUT2D eigenvalue weighted by Gasteiger charge is 2.12. The Bertz CT molecular complexity index is 1970. The summed E-state index contributed by atoms with van der Waals surface area (Å²) in [7, 11) is 0. The zero-order valence-electron chi connectivity index (χ0n) is 22.3. The largest absolute Gasteiger partial charge is 0.434 e. The van der Waals surface area contributed by atoms with Crippen LogP contribution in [-0.4, -0.2) is 19.9 Å². The van der Waals surface area contributed by atoms with Gasteiger partial charge in [0, 0.05) is 23.5 Å². The molecule has 198 valence electrons. The van der Waals surface area contributed by atoms with Crippen LogP contribution in [0.4, 0.5) is 0 Å². The quantitative estimate of drug-likeness (QED) is 0.216. The Labute approximate surface area is 241 Å². The van der Waals surface area contributed by atoms with Gasteiger partial charge in [-0.25, -0.2) is 9.97 Å². The van der Waals surface area contributed by atoms with Gasteiger partial charge in [-0.1, -0.05) is 72.8 Å². The van der Waals surface area contributed by atoms with E-state index in [4.69, 9.17) is 8.83 Å². The van der Waals surface area contributed by atoms with Crippen molar-refractivity contribution >= 4 is 22.5 Å². The van der Waals surface area contributed by atoms with Gasteiger partial charge in [0.2, 0.25) is 11.8 Å². The van der Waals surface area contributed by atoms with Crippen LogP contribution in [0.1, 0.15) is 0 Å². The van der Waals surface area contributed by atoms with Crippen LogP contribution in [0.5, 0.6) is 0 Å². The molecule has 0 bridgehead atoms. The van der Waals surface area contributed by atoms with E-state index >= 15 is 0 Å². The molecule has 0 spiro atoms. The van der Waals surface area contributed by atoms with Crippen molar-refractivity contribution in [1.82, 2.24) is 19.9 Å². The predicted octanol–water partition coefficient (Wildman–Crippen LogP) is 9.09. The van der Waals surface area contributed by atoms with Gasteiger partial charge in [0.05, 0.1) is 0 Å². The number of rotatable bonds is 5. The van der Waals surface area contributed by atoms with Crippen LogP contribution in [0.15, 0.2) is 143 Å². The summed E-state index contributed by atoms with van der Waals surface area (Å²) >= 11 is 0. The topological polar surface area (TPSA) is 77.8 Å². The average Bonchev–Trinajstić information content (AvgIpc) is 3.70. The van der Waals surface area contributed by atoms with Gasteiger partial charge in [-0.15, -0.1) is 0 Å². The molecule has 0 N–H and O–H groups in total. The fraction of sp³-hybridized carbons (Fsp3) is 0. The maximum atomic E-state index is 5.92. The number of nitrogens with zero attached hydrogens (tertiary/aromatic N) is 4. The SMILES string of the molecule is c1cc(-c2ccc(-c3ccc(-c4cccc(-c5nc6ncccc6o5)c4)cc3)cc2)cc(-c2nc3ncccc3o2)c1. The number of pyridine rings is 2. The summed E-state index contributed by atoms with van der Waals surface area (Å²) < 4.78 is 11.8. The number of aromatic nitrogens is 4. The highest BCUT2D eigenvalue weighted by molar-refractivity contribution is 5.78. The third-order valence-corrected chi connectivity index (χ3v) is 7.32. The van der Waals surface area contributed by atoms with Crippen LogP contribution in [0, 0.1) is 0 Å². The van der Waals surface area contributed by atoms with Crippen molar-refractivity contribution in [2.45, 2.75) is 0 Å². The van der Waals surface area contributed by atoms with Gasteiger partial charge in [0.1, 0.15) is 0 Å². The molecule has 0 aliphatic heterocycles.